The van der Waals surface area contributed by atoms with Crippen LogP contribution in [0.3, 0.4) is 0 Å². The Morgan fingerprint density at radius 1 is 1.18 bits per heavy atom. The second kappa shape index (κ2) is 4.41. The topological polar surface area (TPSA) is 0 Å². The third-order valence-electron chi connectivity index (χ3n) is 1.61. The van der Waals surface area contributed by atoms with Gasteiger partial charge in [-0.1, -0.05) is 0 Å². The predicted molar refractivity (Wildman–Crippen MR) is 52.1 cm³/mol. The average molecular weight is 164 g/mol. The van der Waals surface area contributed by atoms with Crippen molar-refractivity contribution in [3.8, 4) is 0 Å². The molecule has 0 unspecified atom stereocenters. The molecule has 0 bridgehead atoms. The molecule has 0 radical (unpaired) electrons. The van der Waals surface area contributed by atoms with E-state index in [1.54, 1.807) is 0 Å². The Morgan fingerprint density at radius 3 is 2.18 bits per heavy atom. The fourth-order valence-corrected chi connectivity index (χ4v) is 2.46. The first-order valence-corrected chi connectivity index (χ1v) is 5.29. The third kappa shape index (κ3) is 2.24. The lowest BCUT2D eigenvalue weighted by Crippen LogP contribution is -1.65. The number of benzene rings is 1. The summed E-state index contributed by atoms with van der Waals surface area (Å²) in [5.41, 5.74) is 0. The van der Waals surface area contributed by atoms with Crippen LogP contribution < -0.4 is 0 Å². The number of hydrogen-bond acceptors (Lipinski definition) is 0. The molecule has 0 heterocycles. The Hall–Kier alpha value is -0.480. The van der Waals surface area contributed by atoms with Crippen LogP contribution >= 0.6 is 7.55 Å². The molecule has 0 spiro atoms. The zero-order chi connectivity index (χ0) is 8.10. The fourth-order valence-electron chi connectivity index (χ4n) is 1.05. The van der Waals surface area contributed by atoms with E-state index in [9.17, 15) is 0 Å². The molecule has 0 aliphatic heterocycles. The molecule has 1 heteroatoms. The Labute approximate surface area is 69.6 Å². The van der Waals surface area contributed by atoms with Crippen molar-refractivity contribution in [3.63, 3.8) is 0 Å². The highest BCUT2D eigenvalue weighted by atomic mass is 31.1. The summed E-state index contributed by atoms with van der Waals surface area (Å²) in [6.45, 7) is 4.25. The molecule has 1 aromatic rings. The molecule has 0 amide bonds. The van der Waals surface area contributed by atoms with Gasteiger partial charge in [-0.15, -0.1) is 12.1 Å². The summed E-state index contributed by atoms with van der Waals surface area (Å²) in [4.78, 5) is 1.44. The zero-order valence-corrected chi connectivity index (χ0v) is 7.88. The van der Waals surface area contributed by atoms with Crippen molar-refractivity contribution in [2.45, 2.75) is 13.8 Å². The van der Waals surface area contributed by atoms with E-state index in [0.717, 1.165) is 0 Å². The highest BCUT2D eigenvalue weighted by molar-refractivity contribution is 7.54. The largest absolute Gasteiger partial charge is 0.240 e. The van der Waals surface area contributed by atoms with Crippen molar-refractivity contribution in [1.82, 2.24) is 0 Å². The summed E-state index contributed by atoms with van der Waals surface area (Å²) in [6.07, 6.45) is 4.54. The molecule has 0 N–H and O–H groups in total. The van der Waals surface area contributed by atoms with Crippen LogP contribution in [0.5, 0.6) is 0 Å². The van der Waals surface area contributed by atoms with Crippen molar-refractivity contribution >= 4 is 7.55 Å². The minimum absolute atomic E-state index is 0.101. The molecule has 0 aliphatic carbocycles. The minimum Gasteiger partial charge on any atom is -0.240 e. The Bertz CT molecular complexity index is 247. The van der Waals surface area contributed by atoms with Crippen LogP contribution in [0, 0.1) is 17.3 Å². The van der Waals surface area contributed by atoms with Gasteiger partial charge >= 0.3 is 0 Å². The van der Waals surface area contributed by atoms with Crippen LogP contribution in [-0.4, -0.2) is 0 Å². The second-order valence-corrected chi connectivity index (χ2v) is 4.62. The molecule has 0 aliphatic rings. The van der Waals surface area contributed by atoms with E-state index in [4.69, 9.17) is 0 Å². The van der Waals surface area contributed by atoms with Crippen LogP contribution in [0.25, 0.3) is 0 Å². The summed E-state index contributed by atoms with van der Waals surface area (Å²) in [6, 6.07) is 10.6. The van der Waals surface area contributed by atoms with Gasteiger partial charge in [-0.3, -0.25) is 0 Å². The van der Waals surface area contributed by atoms with E-state index in [1.807, 2.05) is 0 Å². The fraction of sp³-hybridized carbons (Fsp3) is 0.200. The first kappa shape index (κ1) is 8.62. The van der Waals surface area contributed by atoms with Gasteiger partial charge in [0.2, 0.25) is 0 Å². The van der Waals surface area contributed by atoms with Gasteiger partial charge in [0.1, 0.15) is 0 Å². The molecule has 0 nitrogen and oxygen atoms in total. The quantitative estimate of drug-likeness (QED) is 0.461. The molecule has 60 valence electrons. The normalized spacial score (nSPS) is 9.64. The Morgan fingerprint density at radius 2 is 1.73 bits per heavy atom. The molecular weight excluding hydrogens is 151 g/mol. The van der Waals surface area contributed by atoms with Crippen molar-refractivity contribution in [2.75, 3.05) is 0 Å². The van der Waals surface area contributed by atoms with Gasteiger partial charge in [-0.05, 0) is 4.94 Å². The van der Waals surface area contributed by atoms with Crippen molar-refractivity contribution in [3.05, 3.63) is 47.6 Å². The zero-order valence-electron chi connectivity index (χ0n) is 6.99. The van der Waals surface area contributed by atoms with E-state index < -0.39 is 0 Å². The van der Waals surface area contributed by atoms with Gasteiger partial charge in [0.25, 0.3) is 0 Å². The predicted octanol–water partition coefficient (Wildman–Crippen LogP) is 3.78. The van der Waals surface area contributed by atoms with Crippen molar-refractivity contribution < 1.29 is 0 Å². The average Bonchev–Trinajstić information content (AvgIpc) is 2.09. The summed E-state index contributed by atoms with van der Waals surface area (Å²) >= 11 is 0. The third-order valence-corrected chi connectivity index (χ3v) is 3.62. The maximum absolute atomic E-state index is 2.27. The van der Waals surface area contributed by atoms with E-state index >= 15 is 0 Å². The van der Waals surface area contributed by atoms with Gasteiger partial charge < -0.3 is 0 Å². The lowest BCUT2D eigenvalue weighted by molar-refractivity contribution is 1.61. The van der Waals surface area contributed by atoms with Crippen LogP contribution in [0.15, 0.2) is 30.3 Å². The lowest BCUT2D eigenvalue weighted by atomic mass is 10.4. The van der Waals surface area contributed by atoms with Crippen molar-refractivity contribution in [2.24, 2.45) is 0 Å². The lowest BCUT2D eigenvalue weighted by Gasteiger charge is -2.09. The standard InChI is InChI=1S/C10H13P/c1-3-11(4-2)10-8-6-5-7-9-10/h3-9H,1-2H3/q-2. The first-order chi connectivity index (χ1) is 5.38. The summed E-state index contributed by atoms with van der Waals surface area (Å²) in [5.74, 6) is 0. The molecule has 0 saturated heterocycles. The maximum atomic E-state index is 2.27. The molecule has 11 heavy (non-hydrogen) atoms. The van der Waals surface area contributed by atoms with Gasteiger partial charge in [0.15, 0.2) is 0 Å². The SMILES string of the molecule is C[CH-][P+]([CH-]C)=c1cc[cH-]cc1. The Kier molecular flexibility index (Phi) is 3.45. The summed E-state index contributed by atoms with van der Waals surface area (Å²) in [7, 11) is -0.101. The maximum Gasteiger partial charge on any atom is -0.0240 e. The van der Waals surface area contributed by atoms with Gasteiger partial charge in [0.05, 0.1) is 0 Å². The molecule has 0 saturated carbocycles. The highest BCUT2D eigenvalue weighted by Crippen LogP contribution is 2.33. The highest BCUT2D eigenvalue weighted by Gasteiger charge is 1.78. The van der Waals surface area contributed by atoms with Crippen LogP contribution in [0.1, 0.15) is 13.8 Å². The van der Waals surface area contributed by atoms with E-state index in [2.05, 4.69) is 56.5 Å². The van der Waals surface area contributed by atoms with Crippen LogP contribution in [0.2, 0.25) is 0 Å². The second-order valence-electron chi connectivity index (χ2n) is 2.26. The van der Waals surface area contributed by atoms with E-state index in [-0.39, 0.29) is 7.55 Å². The van der Waals surface area contributed by atoms with Gasteiger partial charge in [-0.2, -0.15) is 44.4 Å². The molecule has 0 atom stereocenters. The van der Waals surface area contributed by atoms with E-state index in [1.165, 1.54) is 4.94 Å². The molecule has 0 fully saturated rings. The monoisotopic (exact) mass is 164 g/mol. The molecule has 1 rings (SSSR count). The summed E-state index contributed by atoms with van der Waals surface area (Å²) < 4.78 is 0. The molecular formula is C10H13P-2. The first-order valence-electron chi connectivity index (χ1n) is 3.81. The summed E-state index contributed by atoms with van der Waals surface area (Å²) in [5, 5.41) is 0. The van der Waals surface area contributed by atoms with Crippen LogP contribution in [0.4, 0.5) is 0 Å². The van der Waals surface area contributed by atoms with Crippen LogP contribution in [-0.2, 0) is 0 Å². The number of rotatable bonds is 2. The van der Waals surface area contributed by atoms with Gasteiger partial charge in [0, 0.05) is 0 Å². The number of hydrogen-bond donors (Lipinski definition) is 0. The Balaban J connectivity index is 3.13. The smallest absolute Gasteiger partial charge is 0.0240 e. The van der Waals surface area contributed by atoms with Crippen molar-refractivity contribution in [1.29, 1.82) is 0 Å². The minimum atomic E-state index is -0.101. The molecule has 0 aromatic heterocycles. The van der Waals surface area contributed by atoms with E-state index in [0.29, 0.717) is 0 Å². The molecule has 1 aromatic carbocycles. The van der Waals surface area contributed by atoms with Gasteiger partial charge in [-0.25, -0.2) is 7.55 Å².